The van der Waals surface area contributed by atoms with E-state index >= 15 is 0 Å². The Morgan fingerprint density at radius 1 is 1.14 bits per heavy atom. The van der Waals surface area contributed by atoms with Crippen molar-refractivity contribution in [3.8, 4) is 17.3 Å². The Balaban J connectivity index is 1.20. The average molecular weight is 578 g/mol. The monoisotopic (exact) mass is 577 g/mol. The molecule has 1 aliphatic heterocycles. The molecule has 1 atom stereocenters. The topological polar surface area (TPSA) is 142 Å². The number of aromatic nitrogens is 6. The number of nitrogens with zero attached hydrogens (tertiary/aromatic N) is 8. The molecule has 1 amide bonds. The van der Waals surface area contributed by atoms with Crippen molar-refractivity contribution in [2.24, 2.45) is 0 Å². The van der Waals surface area contributed by atoms with Crippen molar-refractivity contribution in [2.75, 3.05) is 57.1 Å². The van der Waals surface area contributed by atoms with Crippen LogP contribution < -0.4 is 15.4 Å². The average Bonchev–Trinajstić information content (AvgIpc) is 3.77. The SMILES string of the molecule is CCCC(C(=O)N1CCN(c2ccc(OCCOC)c(F)c2)CC1)n1ncc2c1nc(N)n1nc(-c3ccco3)nc21. The summed E-state index contributed by atoms with van der Waals surface area (Å²) in [6, 6.07) is 7.87. The molecule has 1 unspecified atom stereocenters. The van der Waals surface area contributed by atoms with Gasteiger partial charge in [-0.05, 0) is 30.7 Å². The molecule has 1 saturated heterocycles. The molecule has 0 spiro atoms. The van der Waals surface area contributed by atoms with E-state index in [-0.39, 0.29) is 24.2 Å². The molecule has 5 heterocycles. The van der Waals surface area contributed by atoms with Crippen LogP contribution in [0.25, 0.3) is 28.3 Å². The molecule has 1 aromatic carbocycles. The molecular formula is C28H32FN9O4. The number of nitrogen functional groups attached to an aromatic ring is 1. The maximum Gasteiger partial charge on any atom is 0.247 e. The number of benzene rings is 1. The number of fused-ring (bicyclic) bond motifs is 3. The Labute approximate surface area is 240 Å². The third-order valence-electron chi connectivity index (χ3n) is 7.36. The van der Waals surface area contributed by atoms with Gasteiger partial charge in [0.1, 0.15) is 12.6 Å². The molecule has 5 aromatic rings. The lowest BCUT2D eigenvalue weighted by Gasteiger charge is -2.37. The zero-order valence-electron chi connectivity index (χ0n) is 23.4. The van der Waals surface area contributed by atoms with Crippen molar-refractivity contribution in [3.05, 3.63) is 48.6 Å². The Hall–Kier alpha value is -4.72. The molecular weight excluding hydrogens is 545 g/mol. The molecule has 0 aliphatic carbocycles. The summed E-state index contributed by atoms with van der Waals surface area (Å²) in [6.07, 6.45) is 4.53. The predicted molar refractivity (Wildman–Crippen MR) is 153 cm³/mol. The van der Waals surface area contributed by atoms with Crippen LogP contribution in [0, 0.1) is 5.82 Å². The summed E-state index contributed by atoms with van der Waals surface area (Å²) >= 11 is 0. The number of amides is 1. The van der Waals surface area contributed by atoms with Gasteiger partial charge in [0.15, 0.2) is 28.6 Å². The highest BCUT2D eigenvalue weighted by atomic mass is 19.1. The number of methoxy groups -OCH3 is 1. The van der Waals surface area contributed by atoms with Gasteiger partial charge >= 0.3 is 0 Å². The Morgan fingerprint density at radius 2 is 1.98 bits per heavy atom. The fourth-order valence-corrected chi connectivity index (χ4v) is 5.22. The van der Waals surface area contributed by atoms with Gasteiger partial charge in [-0.3, -0.25) is 4.79 Å². The molecule has 0 radical (unpaired) electrons. The number of hydrogen-bond donors (Lipinski definition) is 1. The van der Waals surface area contributed by atoms with Crippen LogP contribution >= 0.6 is 0 Å². The number of furan rings is 1. The van der Waals surface area contributed by atoms with Gasteiger partial charge in [-0.1, -0.05) is 13.3 Å². The van der Waals surface area contributed by atoms with Crippen LogP contribution in [0.15, 0.2) is 47.2 Å². The fraction of sp³-hybridized carbons (Fsp3) is 0.393. The normalized spacial score (nSPS) is 14.6. The molecule has 1 fully saturated rings. The van der Waals surface area contributed by atoms with E-state index in [9.17, 15) is 9.18 Å². The highest BCUT2D eigenvalue weighted by molar-refractivity contribution is 5.92. The van der Waals surface area contributed by atoms with Crippen LogP contribution in [0.1, 0.15) is 25.8 Å². The van der Waals surface area contributed by atoms with Crippen molar-refractivity contribution >= 4 is 34.2 Å². The molecule has 0 saturated carbocycles. The number of anilines is 2. The third-order valence-corrected chi connectivity index (χ3v) is 7.36. The van der Waals surface area contributed by atoms with Gasteiger partial charge in [-0.15, -0.1) is 5.10 Å². The number of hydrogen-bond acceptors (Lipinski definition) is 10. The standard InChI is InChI=1S/C28H32FN9O4/c1-3-5-21(27(39)36-11-9-35(10-12-36)18-7-8-22(20(29)16-18)42-15-14-40-2)37-26-19(17-31-37)25-32-24(23-6-4-13-41-23)34-38(25)28(30)33-26/h4,6-8,13,16-17,21H,3,5,9-12,14-15H2,1-2H3,(H2,30,33). The Morgan fingerprint density at radius 3 is 2.69 bits per heavy atom. The molecule has 0 bridgehead atoms. The first-order chi connectivity index (χ1) is 20.5. The van der Waals surface area contributed by atoms with Crippen LogP contribution in [-0.4, -0.2) is 86.7 Å². The molecule has 6 rings (SSSR count). The van der Waals surface area contributed by atoms with Gasteiger partial charge in [0.25, 0.3) is 0 Å². The third kappa shape index (κ3) is 5.09. The number of carbonyl (C=O) groups is 1. The van der Waals surface area contributed by atoms with Crippen LogP contribution in [0.2, 0.25) is 0 Å². The summed E-state index contributed by atoms with van der Waals surface area (Å²) < 4.78 is 33.5. The van der Waals surface area contributed by atoms with Crippen LogP contribution in [0.3, 0.4) is 0 Å². The summed E-state index contributed by atoms with van der Waals surface area (Å²) in [5.41, 5.74) is 7.96. The second-order valence-electron chi connectivity index (χ2n) is 10.0. The number of nitrogens with two attached hydrogens (primary N) is 1. The number of halogens is 1. The number of ether oxygens (including phenoxy) is 2. The fourth-order valence-electron chi connectivity index (χ4n) is 5.22. The van der Waals surface area contributed by atoms with Crippen molar-refractivity contribution < 1.29 is 23.1 Å². The molecule has 220 valence electrons. The lowest BCUT2D eigenvalue weighted by atomic mass is 10.1. The van der Waals surface area contributed by atoms with Crippen LogP contribution in [-0.2, 0) is 9.53 Å². The minimum Gasteiger partial charge on any atom is -0.488 e. The van der Waals surface area contributed by atoms with E-state index in [1.807, 2.05) is 17.9 Å². The lowest BCUT2D eigenvalue weighted by Crippen LogP contribution is -2.50. The van der Waals surface area contributed by atoms with E-state index < -0.39 is 11.9 Å². The second kappa shape index (κ2) is 11.6. The van der Waals surface area contributed by atoms with Gasteiger partial charge in [0.05, 0.1) is 24.5 Å². The second-order valence-corrected chi connectivity index (χ2v) is 10.0. The number of rotatable bonds is 10. The molecule has 13 nitrogen and oxygen atoms in total. The summed E-state index contributed by atoms with van der Waals surface area (Å²) in [5, 5.41) is 9.64. The lowest BCUT2D eigenvalue weighted by molar-refractivity contribution is -0.135. The van der Waals surface area contributed by atoms with E-state index in [0.717, 1.165) is 12.1 Å². The highest BCUT2D eigenvalue weighted by Crippen LogP contribution is 2.29. The minimum atomic E-state index is -0.568. The van der Waals surface area contributed by atoms with Crippen molar-refractivity contribution in [1.82, 2.24) is 34.3 Å². The Bertz CT molecular complexity index is 1690. The zero-order valence-corrected chi connectivity index (χ0v) is 23.4. The largest absolute Gasteiger partial charge is 0.488 e. The van der Waals surface area contributed by atoms with Crippen molar-refractivity contribution in [2.45, 2.75) is 25.8 Å². The summed E-state index contributed by atoms with van der Waals surface area (Å²) in [6.45, 7) is 4.78. The van der Waals surface area contributed by atoms with Gasteiger partial charge in [0, 0.05) is 45.0 Å². The quantitative estimate of drug-likeness (QED) is 0.246. The summed E-state index contributed by atoms with van der Waals surface area (Å²) in [4.78, 5) is 26.9. The molecule has 1 aliphatic rings. The smallest absolute Gasteiger partial charge is 0.247 e. The van der Waals surface area contributed by atoms with Gasteiger partial charge < -0.3 is 29.4 Å². The van der Waals surface area contributed by atoms with E-state index in [0.29, 0.717) is 67.5 Å². The minimum absolute atomic E-state index is 0.0486. The van der Waals surface area contributed by atoms with Crippen LogP contribution in [0.4, 0.5) is 16.0 Å². The first-order valence-corrected chi connectivity index (χ1v) is 13.9. The highest BCUT2D eigenvalue weighted by Gasteiger charge is 2.31. The maximum atomic E-state index is 14.6. The van der Waals surface area contributed by atoms with Crippen molar-refractivity contribution in [3.63, 3.8) is 0 Å². The Kier molecular flexibility index (Phi) is 7.61. The number of carbonyl (C=O) groups excluding carboxylic acids is 1. The van der Waals surface area contributed by atoms with Crippen molar-refractivity contribution in [1.29, 1.82) is 0 Å². The first-order valence-electron chi connectivity index (χ1n) is 13.9. The zero-order chi connectivity index (χ0) is 29.2. The molecule has 42 heavy (non-hydrogen) atoms. The first kappa shape index (κ1) is 27.4. The van der Waals surface area contributed by atoms with E-state index in [2.05, 4.69) is 25.1 Å². The van der Waals surface area contributed by atoms with Gasteiger partial charge in [-0.2, -0.15) is 14.6 Å². The summed E-state index contributed by atoms with van der Waals surface area (Å²) in [7, 11) is 1.57. The molecule has 4 aromatic heterocycles. The van der Waals surface area contributed by atoms with Crippen LogP contribution in [0.5, 0.6) is 5.75 Å². The van der Waals surface area contributed by atoms with E-state index in [1.165, 1.54) is 10.6 Å². The summed E-state index contributed by atoms with van der Waals surface area (Å²) in [5.74, 6) is 0.719. The van der Waals surface area contributed by atoms with Gasteiger partial charge in [0.2, 0.25) is 17.7 Å². The maximum absolute atomic E-state index is 14.6. The van der Waals surface area contributed by atoms with Gasteiger partial charge in [-0.25, -0.2) is 14.1 Å². The van der Waals surface area contributed by atoms with E-state index in [1.54, 1.807) is 42.5 Å². The number of piperazine rings is 1. The van der Waals surface area contributed by atoms with E-state index in [4.69, 9.17) is 19.6 Å². The molecule has 2 N–H and O–H groups in total. The predicted octanol–water partition coefficient (Wildman–Crippen LogP) is 3.17. The molecule has 14 heteroatoms.